The number of nitrogens with zero attached hydrogens (tertiary/aromatic N) is 1. The van der Waals surface area contributed by atoms with E-state index in [4.69, 9.17) is 4.84 Å². The maximum absolute atomic E-state index is 12.9. The van der Waals surface area contributed by atoms with Gasteiger partial charge in [-0.05, 0) is 25.7 Å². The lowest BCUT2D eigenvalue weighted by molar-refractivity contribution is -0.207. The highest BCUT2D eigenvalue weighted by Crippen LogP contribution is 2.53. The summed E-state index contributed by atoms with van der Waals surface area (Å²) in [5.41, 5.74) is -1.97. The second kappa shape index (κ2) is 3.92. The maximum Gasteiger partial charge on any atom is 0.329 e. The summed E-state index contributed by atoms with van der Waals surface area (Å²) >= 11 is 0. The van der Waals surface area contributed by atoms with Gasteiger partial charge in [0.1, 0.15) is 5.41 Å². The summed E-state index contributed by atoms with van der Waals surface area (Å²) in [6.07, 6.45) is 7.80. The summed E-state index contributed by atoms with van der Waals surface area (Å²) in [5, 5.41) is 1.06. The summed E-state index contributed by atoms with van der Waals surface area (Å²) in [4.78, 5) is 41.8. The van der Waals surface area contributed by atoms with E-state index in [1.165, 1.54) is 6.92 Å². The lowest BCUT2D eigenvalue weighted by Crippen LogP contribution is -2.47. The van der Waals surface area contributed by atoms with Crippen LogP contribution >= 0.6 is 0 Å². The van der Waals surface area contributed by atoms with Crippen molar-refractivity contribution in [1.29, 1.82) is 0 Å². The Labute approximate surface area is 111 Å². The van der Waals surface area contributed by atoms with E-state index in [-0.39, 0.29) is 11.7 Å². The minimum atomic E-state index is -1.03. The molecule has 2 fully saturated rings. The number of hydrogen-bond donors (Lipinski definition) is 0. The summed E-state index contributed by atoms with van der Waals surface area (Å²) in [5.74, 6) is -0.954. The zero-order chi connectivity index (χ0) is 13.7. The first-order valence-corrected chi connectivity index (χ1v) is 6.79. The number of amides is 1. The first-order chi connectivity index (χ1) is 9.03. The van der Waals surface area contributed by atoms with Gasteiger partial charge in [-0.1, -0.05) is 25.0 Å². The highest BCUT2D eigenvalue weighted by Gasteiger charge is 2.68. The van der Waals surface area contributed by atoms with Gasteiger partial charge in [-0.25, -0.2) is 0 Å². The molecule has 2 spiro atoms. The molecule has 5 heteroatoms. The molecule has 1 amide bonds. The molecule has 2 aliphatic carbocycles. The lowest BCUT2D eigenvalue weighted by atomic mass is 9.77. The van der Waals surface area contributed by atoms with Crippen molar-refractivity contribution in [2.24, 2.45) is 5.41 Å². The fraction of sp³-hybridized carbons (Fsp3) is 0.643. The number of Topliss-reactive ketones (excluding diaryl/α,β-unsaturated/α-hetero) is 1. The van der Waals surface area contributed by atoms with E-state index in [1.807, 2.05) is 6.08 Å². The summed E-state index contributed by atoms with van der Waals surface area (Å²) in [6, 6.07) is 0. The van der Waals surface area contributed by atoms with E-state index in [9.17, 15) is 14.4 Å². The van der Waals surface area contributed by atoms with Gasteiger partial charge in [0.2, 0.25) is 0 Å². The number of allylic oxidation sites excluding steroid dienone is 1. The number of carbonyl (C=O) groups excluding carboxylic acids is 3. The van der Waals surface area contributed by atoms with Crippen LogP contribution in [0.15, 0.2) is 12.2 Å². The third kappa shape index (κ3) is 1.44. The third-order valence-corrected chi connectivity index (χ3v) is 4.55. The fourth-order valence-electron chi connectivity index (χ4n) is 3.67. The van der Waals surface area contributed by atoms with Gasteiger partial charge in [-0.2, -0.15) is 5.06 Å². The van der Waals surface area contributed by atoms with Crippen LogP contribution in [0.2, 0.25) is 0 Å². The van der Waals surface area contributed by atoms with E-state index in [1.54, 1.807) is 6.08 Å². The van der Waals surface area contributed by atoms with Crippen LogP contribution in [0.4, 0.5) is 0 Å². The minimum absolute atomic E-state index is 0.0718. The van der Waals surface area contributed by atoms with Crippen molar-refractivity contribution < 1.29 is 19.2 Å². The molecule has 1 heterocycles. The number of ketones is 1. The molecule has 1 saturated carbocycles. The van der Waals surface area contributed by atoms with Crippen LogP contribution in [0.5, 0.6) is 0 Å². The van der Waals surface area contributed by atoms with Gasteiger partial charge in [-0.3, -0.25) is 14.4 Å². The minimum Gasteiger partial charge on any atom is -0.337 e. The quantitative estimate of drug-likeness (QED) is 0.531. The van der Waals surface area contributed by atoms with Gasteiger partial charge >= 0.3 is 5.97 Å². The van der Waals surface area contributed by atoms with Crippen molar-refractivity contribution in [2.75, 3.05) is 0 Å². The Morgan fingerprint density at radius 2 is 1.95 bits per heavy atom. The Morgan fingerprint density at radius 3 is 2.47 bits per heavy atom. The standard InChI is InChI=1S/C14H17NO4/c1-10(16)19-15-12(18)13(6-2-3-7-13)11(17)14(15)8-4-5-9-14/h4,8H,2-3,5-7,9H2,1H3. The molecular weight excluding hydrogens is 246 g/mol. The molecule has 0 aromatic carbocycles. The van der Waals surface area contributed by atoms with E-state index in [0.717, 1.165) is 24.3 Å². The SMILES string of the molecule is CC(=O)ON1C(=O)C2(CCCC2)C(=O)C12C=CCC2. The molecule has 102 valence electrons. The Bertz CT molecular complexity index is 490. The molecule has 0 bridgehead atoms. The summed E-state index contributed by atoms with van der Waals surface area (Å²) in [6.45, 7) is 1.25. The highest BCUT2D eigenvalue weighted by atomic mass is 16.7. The molecule has 5 nitrogen and oxygen atoms in total. The van der Waals surface area contributed by atoms with Crippen LogP contribution < -0.4 is 0 Å². The van der Waals surface area contributed by atoms with Crippen LogP contribution in [-0.2, 0) is 19.2 Å². The molecule has 19 heavy (non-hydrogen) atoms. The van der Waals surface area contributed by atoms with E-state index in [0.29, 0.717) is 19.3 Å². The van der Waals surface area contributed by atoms with Crippen molar-refractivity contribution in [3.8, 4) is 0 Å². The molecule has 0 radical (unpaired) electrons. The molecular formula is C14H17NO4. The Balaban J connectivity index is 2.06. The molecule has 3 aliphatic rings. The predicted octanol–water partition coefficient (Wildman–Crippen LogP) is 1.52. The molecule has 1 aliphatic heterocycles. The van der Waals surface area contributed by atoms with Crippen molar-refractivity contribution in [3.05, 3.63) is 12.2 Å². The number of rotatable bonds is 1. The highest BCUT2D eigenvalue weighted by molar-refractivity contribution is 6.18. The van der Waals surface area contributed by atoms with Crippen LogP contribution in [0.3, 0.4) is 0 Å². The van der Waals surface area contributed by atoms with Gasteiger partial charge in [0, 0.05) is 6.92 Å². The molecule has 1 unspecified atom stereocenters. The number of hydroxylamine groups is 2. The average molecular weight is 263 g/mol. The normalized spacial score (nSPS) is 31.9. The van der Waals surface area contributed by atoms with E-state index < -0.39 is 16.9 Å². The van der Waals surface area contributed by atoms with Gasteiger partial charge in [0.15, 0.2) is 11.3 Å². The first kappa shape index (κ1) is 12.4. The fourth-order valence-corrected chi connectivity index (χ4v) is 3.67. The number of hydrogen-bond acceptors (Lipinski definition) is 4. The van der Waals surface area contributed by atoms with Crippen LogP contribution in [0, 0.1) is 5.41 Å². The molecule has 0 aromatic heterocycles. The Hall–Kier alpha value is -1.65. The molecule has 3 rings (SSSR count). The van der Waals surface area contributed by atoms with Crippen LogP contribution in [0.25, 0.3) is 0 Å². The summed E-state index contributed by atoms with van der Waals surface area (Å²) < 4.78 is 0. The van der Waals surface area contributed by atoms with Gasteiger partial charge in [-0.15, -0.1) is 0 Å². The zero-order valence-corrected chi connectivity index (χ0v) is 11.0. The molecule has 0 aromatic rings. The Morgan fingerprint density at radius 1 is 1.26 bits per heavy atom. The van der Waals surface area contributed by atoms with Crippen molar-refractivity contribution in [3.63, 3.8) is 0 Å². The Kier molecular flexibility index (Phi) is 2.56. The second-order valence-electron chi connectivity index (χ2n) is 5.67. The van der Waals surface area contributed by atoms with Gasteiger partial charge in [0.05, 0.1) is 0 Å². The van der Waals surface area contributed by atoms with Gasteiger partial charge in [0.25, 0.3) is 5.91 Å². The smallest absolute Gasteiger partial charge is 0.329 e. The zero-order valence-electron chi connectivity index (χ0n) is 11.0. The largest absolute Gasteiger partial charge is 0.337 e. The maximum atomic E-state index is 12.9. The molecule has 1 saturated heterocycles. The van der Waals surface area contributed by atoms with Crippen molar-refractivity contribution in [2.45, 2.75) is 51.0 Å². The molecule has 1 atom stereocenters. The topological polar surface area (TPSA) is 63.7 Å². The summed E-state index contributed by atoms with van der Waals surface area (Å²) in [7, 11) is 0. The van der Waals surface area contributed by atoms with Crippen molar-refractivity contribution in [1.82, 2.24) is 5.06 Å². The monoisotopic (exact) mass is 263 g/mol. The van der Waals surface area contributed by atoms with Crippen molar-refractivity contribution >= 4 is 17.7 Å². The lowest BCUT2D eigenvalue weighted by Gasteiger charge is -2.29. The predicted molar refractivity (Wildman–Crippen MR) is 65.6 cm³/mol. The van der Waals surface area contributed by atoms with Crippen LogP contribution in [-0.4, -0.2) is 28.3 Å². The average Bonchev–Trinajstić information content (AvgIpc) is 3.06. The van der Waals surface area contributed by atoms with E-state index >= 15 is 0 Å². The van der Waals surface area contributed by atoms with E-state index in [2.05, 4.69) is 0 Å². The first-order valence-electron chi connectivity index (χ1n) is 6.79. The van der Waals surface area contributed by atoms with Gasteiger partial charge < -0.3 is 4.84 Å². The third-order valence-electron chi connectivity index (χ3n) is 4.55. The second-order valence-corrected chi connectivity index (χ2v) is 5.67. The number of carbonyl (C=O) groups is 3. The van der Waals surface area contributed by atoms with Crippen LogP contribution in [0.1, 0.15) is 45.4 Å². The molecule has 0 N–H and O–H groups in total.